The number of aromatic nitrogens is 1. The lowest BCUT2D eigenvalue weighted by Gasteiger charge is -2.22. The zero-order valence-electron chi connectivity index (χ0n) is 17.3. The van der Waals surface area contributed by atoms with E-state index in [4.69, 9.17) is 40.4 Å². The lowest BCUT2D eigenvalue weighted by molar-refractivity contribution is -0.119. The molecule has 0 fully saturated rings. The minimum Gasteiger partial charge on any atom is -0.333 e. The lowest BCUT2D eigenvalue weighted by Crippen LogP contribution is -2.47. The lowest BCUT2D eigenvalue weighted by atomic mass is 10.00. The van der Waals surface area contributed by atoms with Crippen LogP contribution in [0.1, 0.15) is 16.7 Å². The Morgan fingerprint density at radius 2 is 1.88 bits per heavy atom. The largest absolute Gasteiger partial charge is 0.333 e. The maximum absolute atomic E-state index is 13.3. The van der Waals surface area contributed by atoms with Gasteiger partial charge in [0.2, 0.25) is 6.17 Å². The van der Waals surface area contributed by atoms with Gasteiger partial charge < -0.3 is 15.5 Å². The molecule has 0 radical (unpaired) electrons. The van der Waals surface area contributed by atoms with Crippen molar-refractivity contribution in [1.82, 2.24) is 10.3 Å². The van der Waals surface area contributed by atoms with Gasteiger partial charge in [0.1, 0.15) is 5.82 Å². The molecule has 0 spiro atoms. The molecule has 3 aromatic rings. The van der Waals surface area contributed by atoms with Crippen molar-refractivity contribution in [2.45, 2.75) is 13.1 Å². The molecule has 2 N–H and O–H groups in total. The topological polar surface area (TPSA) is 69.6 Å². The second kappa shape index (κ2) is 9.24. The van der Waals surface area contributed by atoms with Crippen molar-refractivity contribution in [2.75, 3.05) is 17.3 Å². The summed E-state index contributed by atoms with van der Waals surface area (Å²) in [6.07, 6.45) is 0.695. The number of hydrogen-bond acceptors (Lipinski definition) is 4. The number of fused-ring (bicyclic) bond motifs is 1. The van der Waals surface area contributed by atoms with Crippen LogP contribution in [0.4, 0.5) is 11.5 Å². The average Bonchev–Trinajstić information content (AvgIpc) is 2.84. The molecule has 32 heavy (non-hydrogen) atoms. The Balaban J connectivity index is 1.75. The van der Waals surface area contributed by atoms with Crippen LogP contribution in [0.3, 0.4) is 0 Å². The number of anilines is 2. The van der Waals surface area contributed by atoms with E-state index >= 15 is 0 Å². The van der Waals surface area contributed by atoms with Gasteiger partial charge in [-0.1, -0.05) is 41.4 Å². The number of aryl methyl sites for hydroxylation is 1. The summed E-state index contributed by atoms with van der Waals surface area (Å²) in [5.74, 6) is 0.291. The summed E-state index contributed by atoms with van der Waals surface area (Å²) in [6, 6.07) is 16.4. The number of carbonyl (C=O) groups is 1. The molecule has 0 saturated carbocycles. The second-order valence-electron chi connectivity index (χ2n) is 7.24. The van der Waals surface area contributed by atoms with Crippen LogP contribution in [0, 0.1) is 6.92 Å². The number of amides is 1. The van der Waals surface area contributed by atoms with Gasteiger partial charge in [-0.2, -0.15) is 0 Å². The Morgan fingerprint density at radius 1 is 1.09 bits per heavy atom. The van der Waals surface area contributed by atoms with Crippen molar-refractivity contribution >= 4 is 63.7 Å². The maximum Gasteiger partial charge on any atom is 0.272 e. The molecule has 0 saturated heterocycles. The number of nitrogens with one attached hydrogen (secondary N) is 2. The molecule has 1 aromatic heterocycles. The molecule has 1 aliphatic heterocycles. The minimum absolute atomic E-state index is 0.223. The van der Waals surface area contributed by atoms with E-state index in [1.54, 1.807) is 37.5 Å². The van der Waals surface area contributed by atoms with Crippen molar-refractivity contribution in [3.63, 3.8) is 0 Å². The Labute approximate surface area is 201 Å². The fraction of sp³-hybridized carbons (Fsp3) is 0.130. The first-order valence-corrected chi connectivity index (χ1v) is 10.9. The summed E-state index contributed by atoms with van der Waals surface area (Å²) in [5, 5.41) is 7.27. The van der Waals surface area contributed by atoms with Gasteiger partial charge in [0, 0.05) is 34.4 Å². The highest BCUT2D eigenvalue weighted by Crippen LogP contribution is 2.31. The molecule has 0 bridgehead atoms. The fourth-order valence-electron chi connectivity index (χ4n) is 3.39. The van der Waals surface area contributed by atoms with Gasteiger partial charge in [-0.25, -0.2) is 9.98 Å². The molecule has 2 aromatic carbocycles. The quantitative estimate of drug-likeness (QED) is 0.522. The summed E-state index contributed by atoms with van der Waals surface area (Å²) in [6.45, 7) is 1.95. The summed E-state index contributed by atoms with van der Waals surface area (Å²) in [5.41, 5.74) is 3.63. The van der Waals surface area contributed by atoms with Gasteiger partial charge in [-0.05, 0) is 61.1 Å². The van der Waals surface area contributed by atoms with Crippen molar-refractivity contribution in [2.24, 2.45) is 4.99 Å². The molecule has 1 amide bonds. The van der Waals surface area contributed by atoms with Crippen LogP contribution in [0.15, 0.2) is 65.8 Å². The predicted molar refractivity (Wildman–Crippen MR) is 134 cm³/mol. The average molecular weight is 484 g/mol. The maximum atomic E-state index is 13.3. The number of nitrogens with zero attached hydrogens (tertiary/aromatic N) is 3. The number of benzene rings is 2. The van der Waals surface area contributed by atoms with Gasteiger partial charge in [0.15, 0.2) is 5.11 Å². The minimum atomic E-state index is -0.984. The number of rotatable bonds is 3. The van der Waals surface area contributed by atoms with Gasteiger partial charge in [0.05, 0.1) is 11.4 Å². The Bertz CT molecular complexity index is 1250. The third-order valence-electron chi connectivity index (χ3n) is 4.95. The van der Waals surface area contributed by atoms with Gasteiger partial charge in [0.25, 0.3) is 5.91 Å². The number of carbonyl (C=O) groups excluding carboxylic acids is 1. The SMILES string of the molecule is Cc1ccnc(NC(=S)NC2N=C(c3ccccc3Cl)c3cc(Cl)ccc3N(C)C2=O)c1. The first-order chi connectivity index (χ1) is 15.3. The van der Waals surface area contributed by atoms with E-state index in [0.717, 1.165) is 5.56 Å². The van der Waals surface area contributed by atoms with Crippen molar-refractivity contribution in [3.8, 4) is 0 Å². The van der Waals surface area contributed by atoms with Crippen LogP contribution in [-0.2, 0) is 4.79 Å². The van der Waals surface area contributed by atoms with E-state index in [1.807, 2.05) is 37.3 Å². The van der Waals surface area contributed by atoms with Gasteiger partial charge >= 0.3 is 0 Å². The van der Waals surface area contributed by atoms with E-state index in [-0.39, 0.29) is 11.0 Å². The first-order valence-electron chi connectivity index (χ1n) is 9.74. The zero-order chi connectivity index (χ0) is 22.8. The molecule has 6 nitrogen and oxygen atoms in total. The van der Waals surface area contributed by atoms with Gasteiger partial charge in [-0.15, -0.1) is 0 Å². The predicted octanol–water partition coefficient (Wildman–Crippen LogP) is 4.82. The van der Waals surface area contributed by atoms with Crippen molar-refractivity contribution < 1.29 is 4.79 Å². The molecule has 4 rings (SSSR count). The van der Waals surface area contributed by atoms with E-state index in [2.05, 4.69) is 15.6 Å². The highest BCUT2D eigenvalue weighted by Gasteiger charge is 2.31. The van der Waals surface area contributed by atoms with Crippen LogP contribution < -0.4 is 15.5 Å². The van der Waals surface area contributed by atoms with E-state index in [1.165, 1.54) is 4.90 Å². The zero-order valence-corrected chi connectivity index (χ0v) is 19.6. The molecule has 1 aliphatic rings. The molecule has 1 atom stereocenters. The normalized spacial score (nSPS) is 15.5. The number of benzodiazepines with no additional fused rings is 1. The summed E-state index contributed by atoms with van der Waals surface area (Å²) in [4.78, 5) is 23.8. The third kappa shape index (κ3) is 4.60. The van der Waals surface area contributed by atoms with Crippen LogP contribution in [0.5, 0.6) is 0 Å². The smallest absolute Gasteiger partial charge is 0.272 e. The van der Waals surface area contributed by atoms with Crippen LogP contribution in [-0.4, -0.2) is 34.9 Å². The monoisotopic (exact) mass is 483 g/mol. The standard InChI is InChI=1S/C23H19Cl2N5OS/c1-13-9-10-26-19(11-13)27-23(32)29-21-22(31)30(2)18-8-7-14(24)12-16(18)20(28-21)15-5-3-4-6-17(15)25/h3-12,21H,1-2H3,(H2,26,27,29,32). The summed E-state index contributed by atoms with van der Waals surface area (Å²) < 4.78 is 0. The van der Waals surface area contributed by atoms with Gasteiger partial charge in [-0.3, -0.25) is 4.79 Å². The van der Waals surface area contributed by atoms with Crippen molar-refractivity contribution in [1.29, 1.82) is 0 Å². The van der Waals surface area contributed by atoms with Crippen LogP contribution in [0.2, 0.25) is 10.0 Å². The van der Waals surface area contributed by atoms with E-state index in [0.29, 0.717) is 38.4 Å². The Hall–Kier alpha value is -3.00. The second-order valence-corrected chi connectivity index (χ2v) is 8.49. The van der Waals surface area contributed by atoms with E-state index in [9.17, 15) is 4.79 Å². The Morgan fingerprint density at radius 3 is 2.62 bits per heavy atom. The molecule has 0 aliphatic carbocycles. The Kier molecular flexibility index (Phi) is 6.41. The first kappa shape index (κ1) is 22.2. The van der Waals surface area contributed by atoms with E-state index < -0.39 is 6.17 Å². The number of thiocarbonyl (C=S) groups is 1. The van der Waals surface area contributed by atoms with Crippen LogP contribution >= 0.6 is 35.4 Å². The molecule has 2 heterocycles. The van der Waals surface area contributed by atoms with Crippen LogP contribution in [0.25, 0.3) is 0 Å². The highest BCUT2D eigenvalue weighted by molar-refractivity contribution is 7.80. The molecule has 9 heteroatoms. The number of pyridine rings is 1. The highest BCUT2D eigenvalue weighted by atomic mass is 35.5. The molecule has 162 valence electrons. The molecular weight excluding hydrogens is 465 g/mol. The number of likely N-dealkylation sites (N-methyl/N-ethyl adjacent to an activating group) is 1. The molecule has 1 unspecified atom stereocenters. The summed E-state index contributed by atoms with van der Waals surface area (Å²) >= 11 is 18.2. The number of aliphatic imine (C=N–C) groups is 1. The third-order valence-corrected chi connectivity index (χ3v) is 5.74. The fourth-order valence-corrected chi connectivity index (χ4v) is 4.00. The van der Waals surface area contributed by atoms with Crippen molar-refractivity contribution in [3.05, 3.63) is 87.5 Å². The summed E-state index contributed by atoms with van der Waals surface area (Å²) in [7, 11) is 1.69. The molecular formula is C23H19Cl2N5OS. The number of hydrogen-bond donors (Lipinski definition) is 2. The number of halogens is 2.